The van der Waals surface area contributed by atoms with Gasteiger partial charge in [0.15, 0.2) is 0 Å². The van der Waals surface area contributed by atoms with Gasteiger partial charge in [0.25, 0.3) is 0 Å². The molecule has 0 aromatic carbocycles. The molecule has 0 saturated heterocycles. The number of rotatable bonds is 4. The maximum absolute atomic E-state index is 9.47. The van der Waals surface area contributed by atoms with E-state index in [4.69, 9.17) is 0 Å². The molecule has 0 radical (unpaired) electrons. The summed E-state index contributed by atoms with van der Waals surface area (Å²) in [6.07, 6.45) is 8.42. The van der Waals surface area contributed by atoms with E-state index in [0.717, 1.165) is 24.1 Å². The average Bonchev–Trinajstić information content (AvgIpc) is 2.70. The zero-order valence-electron chi connectivity index (χ0n) is 10.3. The SMILES string of the molecule is CCSC1CCC(NC2CCC(O)CC2)C1. The maximum atomic E-state index is 9.47. The van der Waals surface area contributed by atoms with Gasteiger partial charge in [-0.1, -0.05) is 6.92 Å². The third-order valence-corrected chi connectivity index (χ3v) is 5.19. The first kappa shape index (κ1) is 12.7. The molecule has 16 heavy (non-hydrogen) atoms. The lowest BCUT2D eigenvalue weighted by atomic mass is 9.92. The largest absolute Gasteiger partial charge is 0.393 e. The first-order valence-electron chi connectivity index (χ1n) is 6.83. The lowest BCUT2D eigenvalue weighted by molar-refractivity contribution is 0.114. The molecule has 2 nitrogen and oxygen atoms in total. The van der Waals surface area contributed by atoms with Crippen LogP contribution >= 0.6 is 11.8 Å². The van der Waals surface area contributed by atoms with E-state index in [0.29, 0.717) is 6.04 Å². The molecule has 0 aromatic heterocycles. The lowest BCUT2D eigenvalue weighted by Gasteiger charge is -2.29. The number of nitrogens with one attached hydrogen (secondary N) is 1. The molecule has 2 aliphatic carbocycles. The predicted molar refractivity (Wildman–Crippen MR) is 71.0 cm³/mol. The summed E-state index contributed by atoms with van der Waals surface area (Å²) in [7, 11) is 0. The first-order chi connectivity index (χ1) is 7.78. The second-order valence-electron chi connectivity index (χ2n) is 5.26. The van der Waals surface area contributed by atoms with E-state index in [9.17, 15) is 5.11 Å². The summed E-state index contributed by atoms with van der Waals surface area (Å²) in [6, 6.07) is 1.43. The van der Waals surface area contributed by atoms with E-state index < -0.39 is 0 Å². The van der Waals surface area contributed by atoms with Crippen molar-refractivity contribution in [3.8, 4) is 0 Å². The zero-order chi connectivity index (χ0) is 11.4. The minimum atomic E-state index is -0.0231. The second kappa shape index (κ2) is 6.27. The van der Waals surface area contributed by atoms with E-state index in [1.54, 1.807) is 0 Å². The van der Waals surface area contributed by atoms with E-state index in [1.807, 2.05) is 0 Å². The van der Waals surface area contributed by atoms with Crippen molar-refractivity contribution in [3.63, 3.8) is 0 Å². The van der Waals surface area contributed by atoms with Crippen LogP contribution in [0, 0.1) is 0 Å². The molecule has 0 heterocycles. The molecular formula is C13H25NOS. The number of hydrogen-bond donors (Lipinski definition) is 2. The fourth-order valence-corrected chi connectivity index (χ4v) is 4.20. The van der Waals surface area contributed by atoms with E-state index in [1.165, 1.54) is 37.9 Å². The summed E-state index contributed by atoms with van der Waals surface area (Å²) in [6.45, 7) is 2.26. The highest BCUT2D eigenvalue weighted by atomic mass is 32.2. The molecule has 0 aliphatic heterocycles. The fourth-order valence-electron chi connectivity index (χ4n) is 3.05. The van der Waals surface area contributed by atoms with Crippen LogP contribution in [-0.2, 0) is 0 Å². The Balaban J connectivity index is 1.67. The van der Waals surface area contributed by atoms with Crippen molar-refractivity contribution in [1.82, 2.24) is 5.32 Å². The summed E-state index contributed by atoms with van der Waals surface area (Å²) in [5, 5.41) is 14.2. The van der Waals surface area contributed by atoms with Gasteiger partial charge in [0.2, 0.25) is 0 Å². The molecule has 2 fully saturated rings. The van der Waals surface area contributed by atoms with Crippen molar-refractivity contribution in [3.05, 3.63) is 0 Å². The van der Waals surface area contributed by atoms with Crippen LogP contribution in [-0.4, -0.2) is 34.3 Å². The summed E-state index contributed by atoms with van der Waals surface area (Å²) in [4.78, 5) is 0. The Morgan fingerprint density at radius 1 is 1.06 bits per heavy atom. The van der Waals surface area contributed by atoms with Crippen LogP contribution < -0.4 is 5.32 Å². The highest BCUT2D eigenvalue weighted by Gasteiger charge is 2.27. The average molecular weight is 243 g/mol. The molecule has 0 aromatic rings. The Labute approximate surface area is 104 Å². The molecule has 2 aliphatic rings. The van der Waals surface area contributed by atoms with Gasteiger partial charge < -0.3 is 10.4 Å². The Morgan fingerprint density at radius 3 is 2.44 bits per heavy atom. The fraction of sp³-hybridized carbons (Fsp3) is 1.00. The van der Waals surface area contributed by atoms with Crippen LogP contribution in [0.1, 0.15) is 51.9 Å². The van der Waals surface area contributed by atoms with Crippen molar-refractivity contribution in [2.24, 2.45) is 0 Å². The molecule has 2 atom stereocenters. The molecule has 94 valence electrons. The minimum Gasteiger partial charge on any atom is -0.393 e. The maximum Gasteiger partial charge on any atom is 0.0541 e. The Kier molecular flexibility index (Phi) is 4.98. The highest BCUT2D eigenvalue weighted by Crippen LogP contribution is 2.31. The Morgan fingerprint density at radius 2 is 1.75 bits per heavy atom. The second-order valence-corrected chi connectivity index (χ2v) is 6.84. The Bertz CT molecular complexity index is 204. The summed E-state index contributed by atoms with van der Waals surface area (Å²) in [5.74, 6) is 1.26. The smallest absolute Gasteiger partial charge is 0.0541 e. The van der Waals surface area contributed by atoms with Gasteiger partial charge in [-0.25, -0.2) is 0 Å². The molecule has 2 saturated carbocycles. The van der Waals surface area contributed by atoms with Crippen molar-refractivity contribution in [2.45, 2.75) is 75.3 Å². The van der Waals surface area contributed by atoms with Crippen LogP contribution in [0.4, 0.5) is 0 Å². The first-order valence-corrected chi connectivity index (χ1v) is 7.88. The molecule has 2 N–H and O–H groups in total. The van der Waals surface area contributed by atoms with E-state index in [2.05, 4.69) is 24.0 Å². The third kappa shape index (κ3) is 3.64. The van der Waals surface area contributed by atoms with E-state index in [-0.39, 0.29) is 6.10 Å². The van der Waals surface area contributed by atoms with Crippen LogP contribution in [0.5, 0.6) is 0 Å². The van der Waals surface area contributed by atoms with Gasteiger partial charge in [-0.3, -0.25) is 0 Å². The molecule has 3 heteroatoms. The highest BCUT2D eigenvalue weighted by molar-refractivity contribution is 7.99. The standard InChI is InChI=1S/C13H25NOS/c1-2-16-13-8-5-11(9-13)14-10-3-6-12(15)7-4-10/h10-15H,2-9H2,1H3. The molecule has 0 spiro atoms. The van der Waals surface area contributed by atoms with Crippen molar-refractivity contribution in [2.75, 3.05) is 5.75 Å². The van der Waals surface area contributed by atoms with Crippen LogP contribution in [0.3, 0.4) is 0 Å². The van der Waals surface area contributed by atoms with Gasteiger partial charge in [0.1, 0.15) is 0 Å². The predicted octanol–water partition coefficient (Wildman–Crippen LogP) is 2.55. The number of aliphatic hydroxyl groups excluding tert-OH is 1. The van der Waals surface area contributed by atoms with Gasteiger partial charge in [-0.05, 0) is 50.7 Å². The summed E-state index contributed by atoms with van der Waals surface area (Å²) >= 11 is 2.13. The van der Waals surface area contributed by atoms with Crippen molar-refractivity contribution < 1.29 is 5.11 Å². The van der Waals surface area contributed by atoms with Gasteiger partial charge in [-0.15, -0.1) is 0 Å². The quantitative estimate of drug-likeness (QED) is 0.796. The zero-order valence-corrected chi connectivity index (χ0v) is 11.1. The van der Waals surface area contributed by atoms with Crippen LogP contribution in [0.15, 0.2) is 0 Å². The van der Waals surface area contributed by atoms with Crippen LogP contribution in [0.25, 0.3) is 0 Å². The number of hydrogen-bond acceptors (Lipinski definition) is 3. The normalized spacial score (nSPS) is 40.1. The summed E-state index contributed by atoms with van der Waals surface area (Å²) in [5.41, 5.74) is 0. The molecule has 2 rings (SSSR count). The third-order valence-electron chi connectivity index (χ3n) is 3.95. The van der Waals surface area contributed by atoms with Gasteiger partial charge in [0, 0.05) is 17.3 Å². The molecular weight excluding hydrogens is 218 g/mol. The van der Waals surface area contributed by atoms with Crippen LogP contribution in [0.2, 0.25) is 0 Å². The molecule has 2 unspecified atom stereocenters. The Hall–Kier alpha value is 0.270. The topological polar surface area (TPSA) is 32.3 Å². The molecule has 0 amide bonds. The van der Waals surface area contributed by atoms with Gasteiger partial charge in [0.05, 0.1) is 6.10 Å². The number of thioether (sulfide) groups is 1. The summed E-state index contributed by atoms with van der Waals surface area (Å²) < 4.78 is 0. The van der Waals surface area contributed by atoms with Gasteiger partial charge in [-0.2, -0.15) is 11.8 Å². The lowest BCUT2D eigenvalue weighted by Crippen LogP contribution is -2.40. The van der Waals surface area contributed by atoms with Crippen molar-refractivity contribution >= 4 is 11.8 Å². The monoisotopic (exact) mass is 243 g/mol. The van der Waals surface area contributed by atoms with E-state index >= 15 is 0 Å². The minimum absolute atomic E-state index is 0.0231. The van der Waals surface area contributed by atoms with Gasteiger partial charge >= 0.3 is 0 Å². The number of aliphatic hydroxyl groups is 1. The molecule has 0 bridgehead atoms. The van der Waals surface area contributed by atoms with Crippen molar-refractivity contribution in [1.29, 1.82) is 0 Å².